The van der Waals surface area contributed by atoms with Crippen LogP contribution in [0.1, 0.15) is 47.2 Å². The summed E-state index contributed by atoms with van der Waals surface area (Å²) in [6.07, 6.45) is 0. The first kappa shape index (κ1) is 35.0. The van der Waals surface area contributed by atoms with Crippen molar-refractivity contribution in [3.63, 3.8) is 0 Å². The van der Waals surface area contributed by atoms with Crippen LogP contribution in [0.5, 0.6) is 0 Å². The second-order valence-corrected chi connectivity index (χ2v) is 16.5. The van der Waals surface area contributed by atoms with E-state index in [1.54, 1.807) is 0 Å². The fourth-order valence-electron chi connectivity index (χ4n) is 10.2. The highest BCUT2D eigenvalue weighted by molar-refractivity contribution is 5.90. The second kappa shape index (κ2) is 13.7. The maximum Gasteiger partial charge on any atom is 0.0713 e. The number of rotatable bonds is 7. The lowest BCUT2D eigenvalue weighted by Crippen LogP contribution is -2.28. The standard InChI is InChI=1S/C58H43N/c1-57(2)53-27-15-12-24-49(53)52-35-34-47(39-56(52)57)59(48-37-42(40-18-6-3-7-19-40)36-43(38-48)41-20-8-4-9-21-41)46-32-30-45(31-33-46)58(44-22-10-5-11-23-44)54-28-16-13-25-50(54)51-26-14-17-29-55(51)58/h3-39H,1-2H3. The van der Waals surface area contributed by atoms with Crippen molar-refractivity contribution in [1.82, 2.24) is 0 Å². The van der Waals surface area contributed by atoms with Crippen LogP contribution in [0, 0.1) is 0 Å². The van der Waals surface area contributed by atoms with Gasteiger partial charge in [-0.25, -0.2) is 0 Å². The van der Waals surface area contributed by atoms with Gasteiger partial charge in [-0.15, -0.1) is 0 Å². The molecule has 2 aliphatic rings. The molecule has 0 spiro atoms. The SMILES string of the molecule is CC1(C)c2ccccc2-c2ccc(N(c3ccc(C4(c5ccccc5)c5ccccc5-c5ccccc54)cc3)c3cc(-c4ccccc4)cc(-c4ccccc4)c3)cc21. The van der Waals surface area contributed by atoms with Gasteiger partial charge in [0.15, 0.2) is 0 Å². The quantitative estimate of drug-likeness (QED) is 0.157. The first-order valence-corrected chi connectivity index (χ1v) is 20.7. The maximum absolute atomic E-state index is 2.47. The molecule has 0 aromatic heterocycles. The molecule has 0 aliphatic heterocycles. The maximum atomic E-state index is 2.47. The molecule has 9 aromatic carbocycles. The van der Waals surface area contributed by atoms with Crippen molar-refractivity contribution in [3.8, 4) is 44.5 Å². The molecular formula is C58H43N. The molecule has 0 heterocycles. The molecule has 0 radical (unpaired) electrons. The highest BCUT2D eigenvalue weighted by Gasteiger charge is 2.46. The summed E-state index contributed by atoms with van der Waals surface area (Å²) >= 11 is 0. The number of anilines is 3. The van der Waals surface area contributed by atoms with Gasteiger partial charge < -0.3 is 4.90 Å². The molecule has 2 aliphatic carbocycles. The Morgan fingerprint density at radius 2 is 0.712 bits per heavy atom. The van der Waals surface area contributed by atoms with Gasteiger partial charge >= 0.3 is 0 Å². The van der Waals surface area contributed by atoms with Gasteiger partial charge in [-0.2, -0.15) is 0 Å². The van der Waals surface area contributed by atoms with E-state index < -0.39 is 5.41 Å². The van der Waals surface area contributed by atoms with Crippen LogP contribution in [0.2, 0.25) is 0 Å². The summed E-state index contributed by atoms with van der Waals surface area (Å²) in [7, 11) is 0. The van der Waals surface area contributed by atoms with E-state index in [2.05, 4.69) is 243 Å². The second-order valence-electron chi connectivity index (χ2n) is 16.5. The predicted octanol–water partition coefficient (Wildman–Crippen LogP) is 15.2. The van der Waals surface area contributed by atoms with Crippen LogP contribution in [0.3, 0.4) is 0 Å². The molecule has 0 saturated carbocycles. The zero-order valence-electron chi connectivity index (χ0n) is 33.3. The zero-order valence-corrected chi connectivity index (χ0v) is 33.3. The predicted molar refractivity (Wildman–Crippen MR) is 247 cm³/mol. The van der Waals surface area contributed by atoms with Crippen molar-refractivity contribution in [2.24, 2.45) is 0 Å². The Morgan fingerprint density at radius 3 is 1.27 bits per heavy atom. The molecule has 0 N–H and O–H groups in total. The van der Waals surface area contributed by atoms with Gasteiger partial charge in [-0.05, 0) is 120 Å². The normalized spacial score (nSPS) is 13.9. The zero-order chi connectivity index (χ0) is 39.6. The van der Waals surface area contributed by atoms with E-state index in [9.17, 15) is 0 Å². The smallest absolute Gasteiger partial charge is 0.0713 e. The van der Waals surface area contributed by atoms with E-state index in [0.29, 0.717) is 0 Å². The first-order chi connectivity index (χ1) is 29.0. The van der Waals surface area contributed by atoms with E-state index in [0.717, 1.165) is 17.1 Å². The molecule has 0 fully saturated rings. The average Bonchev–Trinajstić information content (AvgIpc) is 3.73. The van der Waals surface area contributed by atoms with Crippen molar-refractivity contribution in [1.29, 1.82) is 0 Å². The molecule has 0 atom stereocenters. The number of hydrogen-bond donors (Lipinski definition) is 0. The molecule has 1 nitrogen and oxygen atoms in total. The van der Waals surface area contributed by atoms with Crippen molar-refractivity contribution in [2.45, 2.75) is 24.7 Å². The molecule has 1 heteroatoms. The summed E-state index contributed by atoms with van der Waals surface area (Å²) in [4.78, 5) is 2.47. The Labute approximate surface area is 347 Å². The molecule has 0 unspecified atom stereocenters. The fraction of sp³-hybridized carbons (Fsp3) is 0.0690. The van der Waals surface area contributed by atoms with E-state index in [4.69, 9.17) is 0 Å². The third-order valence-corrected chi connectivity index (χ3v) is 12.9. The van der Waals surface area contributed by atoms with Crippen LogP contribution in [0.15, 0.2) is 224 Å². The molecule has 11 rings (SSSR count). The van der Waals surface area contributed by atoms with Gasteiger partial charge in [-0.3, -0.25) is 0 Å². The lowest BCUT2D eigenvalue weighted by atomic mass is 9.68. The minimum Gasteiger partial charge on any atom is -0.310 e. The van der Waals surface area contributed by atoms with E-state index in [1.165, 1.54) is 77.9 Å². The third kappa shape index (κ3) is 5.46. The van der Waals surface area contributed by atoms with Crippen LogP contribution in [-0.2, 0) is 10.8 Å². The van der Waals surface area contributed by atoms with Crippen molar-refractivity contribution < 1.29 is 0 Å². The van der Waals surface area contributed by atoms with E-state index in [1.807, 2.05) is 0 Å². The molecular weight excluding hydrogens is 711 g/mol. The largest absolute Gasteiger partial charge is 0.310 e. The number of fused-ring (bicyclic) bond motifs is 6. The summed E-state index contributed by atoms with van der Waals surface area (Å²) in [5, 5.41) is 0. The van der Waals surface area contributed by atoms with Gasteiger partial charge in [0.1, 0.15) is 0 Å². The van der Waals surface area contributed by atoms with Gasteiger partial charge in [0.05, 0.1) is 5.41 Å². The summed E-state index contributed by atoms with van der Waals surface area (Å²) in [5.41, 5.74) is 20.6. The third-order valence-electron chi connectivity index (χ3n) is 12.9. The van der Waals surface area contributed by atoms with Crippen molar-refractivity contribution in [2.75, 3.05) is 4.90 Å². The molecule has 0 bridgehead atoms. The van der Waals surface area contributed by atoms with Crippen molar-refractivity contribution >= 4 is 17.1 Å². The highest BCUT2D eigenvalue weighted by Crippen LogP contribution is 2.57. The minimum absolute atomic E-state index is 0.135. The topological polar surface area (TPSA) is 3.24 Å². The molecule has 0 amide bonds. The monoisotopic (exact) mass is 753 g/mol. The van der Waals surface area contributed by atoms with E-state index >= 15 is 0 Å². The molecule has 280 valence electrons. The Balaban J connectivity index is 1.14. The first-order valence-electron chi connectivity index (χ1n) is 20.7. The van der Waals surface area contributed by atoms with Gasteiger partial charge in [-0.1, -0.05) is 196 Å². The van der Waals surface area contributed by atoms with E-state index in [-0.39, 0.29) is 5.41 Å². The summed E-state index contributed by atoms with van der Waals surface area (Å²) in [6.45, 7) is 4.73. The Kier molecular flexibility index (Phi) is 8.13. The Bertz CT molecular complexity index is 2890. The van der Waals surface area contributed by atoms with Crippen LogP contribution in [-0.4, -0.2) is 0 Å². The van der Waals surface area contributed by atoms with Crippen LogP contribution >= 0.6 is 0 Å². The lowest BCUT2D eigenvalue weighted by Gasteiger charge is -2.34. The van der Waals surface area contributed by atoms with Crippen LogP contribution < -0.4 is 4.90 Å². The summed E-state index contributed by atoms with van der Waals surface area (Å²) < 4.78 is 0. The number of hydrogen-bond acceptors (Lipinski definition) is 1. The fourth-order valence-corrected chi connectivity index (χ4v) is 10.2. The minimum atomic E-state index is -0.463. The van der Waals surface area contributed by atoms with Gasteiger partial charge in [0.25, 0.3) is 0 Å². The number of benzene rings is 9. The lowest BCUT2D eigenvalue weighted by molar-refractivity contribution is 0.660. The van der Waals surface area contributed by atoms with Crippen LogP contribution in [0.25, 0.3) is 44.5 Å². The van der Waals surface area contributed by atoms with Gasteiger partial charge in [0, 0.05) is 22.5 Å². The average molecular weight is 754 g/mol. The Morgan fingerprint density at radius 1 is 0.288 bits per heavy atom. The van der Waals surface area contributed by atoms with Crippen molar-refractivity contribution in [3.05, 3.63) is 258 Å². The van der Waals surface area contributed by atoms with Gasteiger partial charge in [0.2, 0.25) is 0 Å². The molecule has 9 aromatic rings. The number of nitrogens with zero attached hydrogens (tertiary/aromatic N) is 1. The summed E-state index contributed by atoms with van der Waals surface area (Å²) in [6, 6.07) is 83.0. The molecule has 59 heavy (non-hydrogen) atoms. The van der Waals surface area contributed by atoms with Crippen LogP contribution in [0.4, 0.5) is 17.1 Å². The molecule has 0 saturated heterocycles. The Hall–Kier alpha value is -7.22. The highest BCUT2D eigenvalue weighted by atomic mass is 15.1. The summed E-state index contributed by atoms with van der Waals surface area (Å²) in [5.74, 6) is 0.